The van der Waals surface area contributed by atoms with Crippen LogP contribution in [0.5, 0.6) is 0 Å². The summed E-state index contributed by atoms with van der Waals surface area (Å²) < 4.78 is 0. The summed E-state index contributed by atoms with van der Waals surface area (Å²) in [6.07, 6.45) is 1.85. The Bertz CT molecular complexity index is 849. The predicted molar refractivity (Wildman–Crippen MR) is 104 cm³/mol. The summed E-state index contributed by atoms with van der Waals surface area (Å²) in [4.78, 5) is 21.8. The number of benzene rings is 1. The molecular weight excluding hydrogens is 330 g/mol. The van der Waals surface area contributed by atoms with Crippen LogP contribution in [0.2, 0.25) is 0 Å². The van der Waals surface area contributed by atoms with Gasteiger partial charge in [0.2, 0.25) is 0 Å². The first kappa shape index (κ1) is 18.4. The fourth-order valence-corrected chi connectivity index (χ4v) is 3.75. The van der Waals surface area contributed by atoms with Gasteiger partial charge in [0.25, 0.3) is 0 Å². The molecular formula is C19H27N5O2. The minimum Gasteiger partial charge on any atom is -0.478 e. The Hall–Kier alpha value is -2.41. The van der Waals surface area contributed by atoms with Crippen LogP contribution in [0.3, 0.4) is 0 Å². The van der Waals surface area contributed by atoms with Crippen molar-refractivity contribution in [3.63, 3.8) is 0 Å². The minimum absolute atomic E-state index is 0.179. The van der Waals surface area contributed by atoms with Gasteiger partial charge in [0.15, 0.2) is 0 Å². The van der Waals surface area contributed by atoms with Crippen molar-refractivity contribution in [3.05, 3.63) is 23.0 Å². The van der Waals surface area contributed by atoms with Gasteiger partial charge < -0.3 is 20.3 Å². The molecule has 4 N–H and O–H groups in total. The molecule has 2 aromatic rings. The lowest BCUT2D eigenvalue weighted by Crippen LogP contribution is -2.45. The highest BCUT2D eigenvalue weighted by Crippen LogP contribution is 2.34. The van der Waals surface area contributed by atoms with E-state index in [4.69, 9.17) is 5.41 Å². The van der Waals surface area contributed by atoms with E-state index >= 15 is 0 Å². The summed E-state index contributed by atoms with van der Waals surface area (Å²) in [6, 6.07) is 2.15. The van der Waals surface area contributed by atoms with Gasteiger partial charge >= 0.3 is 5.97 Å². The van der Waals surface area contributed by atoms with Crippen LogP contribution < -0.4 is 10.2 Å². The number of fused-ring (bicyclic) bond motifs is 1. The fourth-order valence-electron chi connectivity index (χ4n) is 3.75. The highest BCUT2D eigenvalue weighted by molar-refractivity contribution is 6.07. The number of aromatic nitrogens is 2. The molecule has 7 nitrogen and oxygen atoms in total. The molecule has 0 amide bonds. The number of aromatic amines is 1. The number of carboxylic acid groups (broad SMARTS) is 1. The zero-order valence-corrected chi connectivity index (χ0v) is 15.8. The van der Waals surface area contributed by atoms with Crippen molar-refractivity contribution in [1.29, 1.82) is 5.41 Å². The van der Waals surface area contributed by atoms with Gasteiger partial charge in [0.05, 0.1) is 16.9 Å². The van der Waals surface area contributed by atoms with E-state index in [1.807, 2.05) is 31.7 Å². The maximum atomic E-state index is 12.0. The molecule has 1 fully saturated rings. The zero-order valence-electron chi connectivity index (χ0n) is 15.8. The molecule has 26 heavy (non-hydrogen) atoms. The number of anilines is 1. The maximum absolute atomic E-state index is 12.0. The second-order valence-corrected chi connectivity index (χ2v) is 7.31. The van der Waals surface area contributed by atoms with Crippen molar-refractivity contribution < 1.29 is 9.90 Å². The average Bonchev–Trinajstić information content (AvgIpc) is 2.99. The Morgan fingerprint density at radius 2 is 2.04 bits per heavy atom. The normalized spacial score (nSPS) is 15.6. The van der Waals surface area contributed by atoms with Gasteiger partial charge in [0, 0.05) is 17.6 Å². The number of aromatic carboxylic acids is 1. The second kappa shape index (κ2) is 7.07. The third-order valence-corrected chi connectivity index (χ3v) is 5.08. The molecule has 7 heteroatoms. The Morgan fingerprint density at radius 1 is 1.38 bits per heavy atom. The number of amidine groups is 1. The van der Waals surface area contributed by atoms with Crippen molar-refractivity contribution in [2.24, 2.45) is 0 Å². The molecule has 1 aliphatic rings. The minimum atomic E-state index is -0.982. The number of hydrogen-bond donors (Lipinski definition) is 4. The van der Waals surface area contributed by atoms with Crippen LogP contribution in [0.1, 0.15) is 61.3 Å². The van der Waals surface area contributed by atoms with Crippen LogP contribution in [0.4, 0.5) is 5.69 Å². The van der Waals surface area contributed by atoms with Gasteiger partial charge in [0.1, 0.15) is 11.3 Å². The van der Waals surface area contributed by atoms with E-state index in [1.54, 1.807) is 6.92 Å². The number of imidazole rings is 1. The number of carbonyl (C=O) groups is 1. The van der Waals surface area contributed by atoms with Gasteiger partial charge in [-0.05, 0) is 51.4 Å². The molecule has 0 saturated carbocycles. The Labute approximate surface area is 153 Å². The number of nitrogens with zero attached hydrogens (tertiary/aromatic N) is 2. The molecule has 1 aliphatic heterocycles. The average molecular weight is 357 g/mol. The van der Waals surface area contributed by atoms with Gasteiger partial charge in [-0.2, -0.15) is 0 Å². The third-order valence-electron chi connectivity index (χ3n) is 5.08. The SMILES string of the molecule is CC(=N)N(c1cc2[nH]c(C(C)C)nc2c(C(=O)O)c1C)C1CCNCC1. The molecule has 0 radical (unpaired) electrons. The molecule has 3 rings (SSSR count). The fraction of sp³-hybridized carbons (Fsp3) is 0.526. The van der Waals surface area contributed by atoms with Crippen LogP contribution in [0, 0.1) is 12.3 Å². The summed E-state index contributed by atoms with van der Waals surface area (Å²) in [5.41, 5.74) is 2.88. The molecule has 0 atom stereocenters. The third kappa shape index (κ3) is 3.19. The molecule has 1 saturated heterocycles. The van der Waals surface area contributed by atoms with Gasteiger partial charge in [-0.1, -0.05) is 13.8 Å². The molecule has 1 aromatic carbocycles. The Kier molecular flexibility index (Phi) is 5.00. The predicted octanol–water partition coefficient (Wildman–Crippen LogP) is 3.25. The number of H-pyrrole nitrogens is 1. The molecule has 0 spiro atoms. The summed E-state index contributed by atoms with van der Waals surface area (Å²) in [5, 5.41) is 21.5. The van der Waals surface area contributed by atoms with E-state index in [0.717, 1.165) is 37.4 Å². The van der Waals surface area contributed by atoms with E-state index in [2.05, 4.69) is 15.3 Å². The first-order valence-corrected chi connectivity index (χ1v) is 9.12. The van der Waals surface area contributed by atoms with E-state index < -0.39 is 5.97 Å². The van der Waals surface area contributed by atoms with E-state index in [1.165, 1.54) is 0 Å². The maximum Gasteiger partial charge on any atom is 0.338 e. The van der Waals surface area contributed by atoms with Crippen molar-refractivity contribution >= 4 is 28.5 Å². The first-order valence-electron chi connectivity index (χ1n) is 9.12. The van der Waals surface area contributed by atoms with Crippen LogP contribution in [0.25, 0.3) is 11.0 Å². The molecule has 140 valence electrons. The molecule has 2 heterocycles. The van der Waals surface area contributed by atoms with E-state index in [9.17, 15) is 9.90 Å². The zero-order chi connectivity index (χ0) is 19.0. The quantitative estimate of drug-likeness (QED) is 0.496. The topological polar surface area (TPSA) is 105 Å². The van der Waals surface area contributed by atoms with Gasteiger partial charge in [-0.15, -0.1) is 0 Å². The summed E-state index contributed by atoms with van der Waals surface area (Å²) in [6.45, 7) is 9.44. The number of carboxylic acids is 1. The van der Waals surface area contributed by atoms with E-state index in [-0.39, 0.29) is 17.5 Å². The smallest absolute Gasteiger partial charge is 0.338 e. The van der Waals surface area contributed by atoms with Crippen LogP contribution in [0.15, 0.2) is 6.07 Å². The Morgan fingerprint density at radius 3 is 2.58 bits per heavy atom. The summed E-state index contributed by atoms with van der Waals surface area (Å²) in [5.74, 6) is 0.403. The molecule has 0 unspecified atom stereocenters. The van der Waals surface area contributed by atoms with Crippen LogP contribution >= 0.6 is 0 Å². The van der Waals surface area contributed by atoms with Crippen LogP contribution in [-0.4, -0.2) is 46.0 Å². The number of piperidine rings is 1. The first-order chi connectivity index (χ1) is 12.3. The lowest BCUT2D eigenvalue weighted by atomic mass is 9.99. The van der Waals surface area contributed by atoms with Crippen LogP contribution in [-0.2, 0) is 0 Å². The van der Waals surface area contributed by atoms with Crippen molar-refractivity contribution in [2.45, 2.75) is 52.5 Å². The number of nitrogens with one attached hydrogen (secondary N) is 3. The molecule has 0 bridgehead atoms. The van der Waals surface area contributed by atoms with Crippen molar-refractivity contribution in [1.82, 2.24) is 15.3 Å². The molecule has 1 aromatic heterocycles. The number of hydrogen-bond acceptors (Lipinski definition) is 4. The van der Waals surface area contributed by atoms with Crippen molar-refractivity contribution in [3.8, 4) is 0 Å². The largest absolute Gasteiger partial charge is 0.478 e. The second-order valence-electron chi connectivity index (χ2n) is 7.31. The summed E-state index contributed by atoms with van der Waals surface area (Å²) in [7, 11) is 0. The highest BCUT2D eigenvalue weighted by Gasteiger charge is 2.28. The highest BCUT2D eigenvalue weighted by atomic mass is 16.4. The molecule has 0 aliphatic carbocycles. The monoisotopic (exact) mass is 357 g/mol. The van der Waals surface area contributed by atoms with Crippen molar-refractivity contribution in [2.75, 3.05) is 18.0 Å². The lowest BCUT2D eigenvalue weighted by Gasteiger charge is -2.36. The standard InChI is InChI=1S/C19H27N5O2/c1-10(2)18-22-14-9-15(11(3)16(19(25)26)17(14)23-18)24(12(4)20)13-5-7-21-8-6-13/h9-10,13,20-21H,5-8H2,1-4H3,(H,22,23)(H,25,26). The van der Waals surface area contributed by atoms with E-state index in [0.29, 0.717) is 22.4 Å². The van der Waals surface area contributed by atoms with Gasteiger partial charge in [-0.3, -0.25) is 5.41 Å². The summed E-state index contributed by atoms with van der Waals surface area (Å²) >= 11 is 0. The number of rotatable bonds is 4. The Balaban J connectivity index is 2.22. The lowest BCUT2D eigenvalue weighted by molar-refractivity contribution is 0.0698. The van der Waals surface area contributed by atoms with Gasteiger partial charge in [-0.25, -0.2) is 9.78 Å².